The van der Waals surface area contributed by atoms with Crippen molar-refractivity contribution < 1.29 is 0 Å². The monoisotopic (exact) mass is 222 g/mol. The summed E-state index contributed by atoms with van der Waals surface area (Å²) in [5.74, 6) is 0. The van der Waals surface area contributed by atoms with Crippen molar-refractivity contribution >= 4 is 22.9 Å². The van der Waals surface area contributed by atoms with Crippen molar-refractivity contribution in [3.05, 3.63) is 29.3 Å². The van der Waals surface area contributed by atoms with E-state index in [0.717, 1.165) is 17.7 Å². The number of nitrogens with one attached hydrogen (secondary N) is 1. The molecule has 1 aromatic carbocycles. The zero-order valence-corrected chi connectivity index (χ0v) is 10.3. The van der Waals surface area contributed by atoms with E-state index < -0.39 is 0 Å². The van der Waals surface area contributed by atoms with Gasteiger partial charge in [-0.05, 0) is 32.4 Å². The molecule has 2 nitrogen and oxygen atoms in total. The first-order valence-corrected chi connectivity index (χ1v) is 5.62. The fraction of sp³-hybridized carbons (Fsp3) is 0.417. The molecule has 0 heterocycles. The predicted molar refractivity (Wildman–Crippen MR) is 70.4 cm³/mol. The first-order valence-electron chi connectivity index (χ1n) is 5.21. The number of rotatable bonds is 4. The fourth-order valence-electron chi connectivity index (χ4n) is 1.36. The third-order valence-electron chi connectivity index (χ3n) is 2.45. The van der Waals surface area contributed by atoms with Crippen LogP contribution in [0.5, 0.6) is 0 Å². The second-order valence-corrected chi connectivity index (χ2v) is 4.31. The highest BCUT2D eigenvalue weighted by molar-refractivity contribution is 7.80. The van der Waals surface area contributed by atoms with Gasteiger partial charge in [0.15, 0.2) is 0 Å². The van der Waals surface area contributed by atoms with Crippen LogP contribution in [-0.2, 0) is 0 Å². The van der Waals surface area contributed by atoms with Gasteiger partial charge in [0.2, 0.25) is 0 Å². The van der Waals surface area contributed by atoms with E-state index in [-0.39, 0.29) is 0 Å². The van der Waals surface area contributed by atoms with Crippen molar-refractivity contribution in [2.24, 2.45) is 5.73 Å². The summed E-state index contributed by atoms with van der Waals surface area (Å²) >= 11 is 5.04. The lowest BCUT2D eigenvalue weighted by molar-refractivity contribution is 0.764. The Morgan fingerprint density at radius 2 is 2.20 bits per heavy atom. The average Bonchev–Trinajstić information content (AvgIpc) is 2.20. The first-order chi connectivity index (χ1) is 7.04. The van der Waals surface area contributed by atoms with Gasteiger partial charge in [-0.2, -0.15) is 0 Å². The fourth-order valence-corrected chi connectivity index (χ4v) is 1.52. The molecule has 0 aliphatic rings. The lowest BCUT2D eigenvalue weighted by Gasteiger charge is -2.16. The topological polar surface area (TPSA) is 38.0 Å². The molecular formula is C12H18N2S. The van der Waals surface area contributed by atoms with Gasteiger partial charge in [0.05, 0.1) is 0 Å². The Morgan fingerprint density at radius 1 is 1.53 bits per heavy atom. The second-order valence-electron chi connectivity index (χ2n) is 3.87. The summed E-state index contributed by atoms with van der Waals surface area (Å²) in [6.45, 7) is 6.32. The van der Waals surface area contributed by atoms with Crippen LogP contribution in [0.2, 0.25) is 0 Å². The number of anilines is 1. The van der Waals surface area contributed by atoms with Gasteiger partial charge in [-0.3, -0.25) is 0 Å². The molecule has 0 amide bonds. The first kappa shape index (κ1) is 12.0. The van der Waals surface area contributed by atoms with Crippen molar-refractivity contribution in [2.75, 3.05) is 5.32 Å². The Balaban J connectivity index is 3.01. The number of aryl methyl sites for hydroxylation is 1. The van der Waals surface area contributed by atoms with E-state index in [1.165, 1.54) is 5.56 Å². The normalized spacial score (nSPS) is 12.2. The maximum absolute atomic E-state index is 5.69. The van der Waals surface area contributed by atoms with E-state index in [9.17, 15) is 0 Å². The van der Waals surface area contributed by atoms with Gasteiger partial charge in [0, 0.05) is 17.3 Å². The van der Waals surface area contributed by atoms with Crippen LogP contribution < -0.4 is 11.1 Å². The zero-order chi connectivity index (χ0) is 11.4. The Labute approximate surface area is 96.9 Å². The van der Waals surface area contributed by atoms with Gasteiger partial charge >= 0.3 is 0 Å². The van der Waals surface area contributed by atoms with Crippen LogP contribution in [0.3, 0.4) is 0 Å². The molecule has 0 saturated carbocycles. The summed E-state index contributed by atoms with van der Waals surface area (Å²) < 4.78 is 0. The highest BCUT2D eigenvalue weighted by Gasteiger charge is 2.07. The molecule has 1 rings (SSSR count). The van der Waals surface area contributed by atoms with Crippen LogP contribution in [0.25, 0.3) is 0 Å². The zero-order valence-electron chi connectivity index (χ0n) is 9.50. The van der Waals surface area contributed by atoms with Gasteiger partial charge in [-0.15, -0.1) is 0 Å². The van der Waals surface area contributed by atoms with Gasteiger partial charge in [0.25, 0.3) is 0 Å². The second kappa shape index (κ2) is 5.12. The summed E-state index contributed by atoms with van der Waals surface area (Å²) in [6.07, 6.45) is 1.07. The maximum Gasteiger partial charge on any atom is 0.106 e. The molecule has 0 bridgehead atoms. The van der Waals surface area contributed by atoms with Crippen molar-refractivity contribution in [3.8, 4) is 0 Å². The summed E-state index contributed by atoms with van der Waals surface area (Å²) in [4.78, 5) is 0.449. The summed E-state index contributed by atoms with van der Waals surface area (Å²) in [5, 5.41) is 3.40. The van der Waals surface area contributed by atoms with Crippen LogP contribution >= 0.6 is 12.2 Å². The molecular weight excluding hydrogens is 204 g/mol. The summed E-state index contributed by atoms with van der Waals surface area (Å²) in [6, 6.07) is 6.55. The number of nitrogens with two attached hydrogens (primary N) is 1. The van der Waals surface area contributed by atoms with Crippen LogP contribution in [-0.4, -0.2) is 11.0 Å². The van der Waals surface area contributed by atoms with E-state index in [1.807, 2.05) is 19.1 Å². The quantitative estimate of drug-likeness (QED) is 0.769. The van der Waals surface area contributed by atoms with Gasteiger partial charge in [-0.1, -0.05) is 30.8 Å². The van der Waals surface area contributed by atoms with E-state index >= 15 is 0 Å². The van der Waals surface area contributed by atoms with Crippen molar-refractivity contribution in [3.63, 3.8) is 0 Å². The number of thiocarbonyl (C=S) groups is 1. The lowest BCUT2D eigenvalue weighted by atomic mass is 10.1. The predicted octanol–water partition coefficient (Wildman–Crippen LogP) is 2.84. The molecule has 82 valence electrons. The minimum absolute atomic E-state index is 0.431. The lowest BCUT2D eigenvalue weighted by Crippen LogP contribution is -2.18. The molecule has 0 fully saturated rings. The molecule has 0 aromatic heterocycles. The molecule has 3 N–H and O–H groups in total. The third-order valence-corrected chi connectivity index (χ3v) is 2.67. The highest BCUT2D eigenvalue weighted by Crippen LogP contribution is 2.18. The molecule has 0 spiro atoms. The molecule has 1 aromatic rings. The summed E-state index contributed by atoms with van der Waals surface area (Å²) in [7, 11) is 0. The minimum Gasteiger partial charge on any atom is -0.389 e. The molecule has 0 radical (unpaired) electrons. The Hall–Kier alpha value is -1.09. The standard InChI is InChI=1S/C12H18N2S/c1-4-9(3)14-11-6-5-8(2)7-10(11)12(13)15/h5-7,9,14H,4H2,1-3H3,(H2,13,15). The van der Waals surface area contributed by atoms with E-state index in [2.05, 4.69) is 25.2 Å². The SMILES string of the molecule is CCC(C)Nc1ccc(C)cc1C(N)=S. The minimum atomic E-state index is 0.431. The van der Waals surface area contributed by atoms with Crippen LogP contribution in [0.4, 0.5) is 5.69 Å². The van der Waals surface area contributed by atoms with Crippen molar-refractivity contribution in [1.82, 2.24) is 0 Å². The highest BCUT2D eigenvalue weighted by atomic mass is 32.1. The number of hydrogen-bond donors (Lipinski definition) is 2. The van der Waals surface area contributed by atoms with Gasteiger partial charge in [-0.25, -0.2) is 0 Å². The number of benzene rings is 1. The molecule has 1 unspecified atom stereocenters. The molecule has 0 saturated heterocycles. The van der Waals surface area contributed by atoms with Gasteiger partial charge in [0.1, 0.15) is 4.99 Å². The molecule has 3 heteroatoms. The largest absolute Gasteiger partial charge is 0.389 e. The van der Waals surface area contributed by atoms with Crippen LogP contribution in [0, 0.1) is 6.92 Å². The number of hydrogen-bond acceptors (Lipinski definition) is 2. The van der Waals surface area contributed by atoms with Crippen molar-refractivity contribution in [1.29, 1.82) is 0 Å². The Kier molecular flexibility index (Phi) is 4.09. The molecule has 0 aliphatic carbocycles. The molecule has 0 aliphatic heterocycles. The smallest absolute Gasteiger partial charge is 0.106 e. The van der Waals surface area contributed by atoms with E-state index in [0.29, 0.717) is 11.0 Å². The van der Waals surface area contributed by atoms with Crippen LogP contribution in [0.1, 0.15) is 31.4 Å². The Morgan fingerprint density at radius 3 is 2.73 bits per heavy atom. The van der Waals surface area contributed by atoms with E-state index in [4.69, 9.17) is 18.0 Å². The molecule has 1 atom stereocenters. The molecule has 15 heavy (non-hydrogen) atoms. The average molecular weight is 222 g/mol. The van der Waals surface area contributed by atoms with Crippen LogP contribution in [0.15, 0.2) is 18.2 Å². The van der Waals surface area contributed by atoms with E-state index in [1.54, 1.807) is 0 Å². The maximum atomic E-state index is 5.69. The summed E-state index contributed by atoms with van der Waals surface area (Å²) in [5.41, 5.74) is 8.83. The Bertz CT molecular complexity index is 361. The van der Waals surface area contributed by atoms with Crippen molar-refractivity contribution in [2.45, 2.75) is 33.2 Å². The van der Waals surface area contributed by atoms with Gasteiger partial charge < -0.3 is 11.1 Å². The third kappa shape index (κ3) is 3.20.